The Labute approximate surface area is 110 Å². The van der Waals surface area contributed by atoms with Crippen molar-refractivity contribution >= 4 is 11.7 Å². The lowest BCUT2D eigenvalue weighted by molar-refractivity contribution is -0.141. The Kier molecular flexibility index (Phi) is 3.79. The number of rotatable bonds is 4. The zero-order valence-corrected chi connectivity index (χ0v) is 10.6. The van der Waals surface area contributed by atoms with E-state index < -0.39 is 17.8 Å². The maximum Gasteiger partial charge on any atom is 0.333 e. The van der Waals surface area contributed by atoms with Crippen molar-refractivity contribution < 1.29 is 13.9 Å². The van der Waals surface area contributed by atoms with Gasteiger partial charge in [-0.15, -0.1) is 0 Å². The number of carbonyl (C=O) groups is 1. The van der Waals surface area contributed by atoms with Crippen molar-refractivity contribution in [2.45, 2.75) is 6.04 Å². The molecule has 1 N–H and O–H groups in total. The Morgan fingerprint density at radius 3 is 2.79 bits per heavy atom. The molecule has 0 aliphatic carbocycles. The number of nitrogens with zero attached hydrogens (tertiary/aromatic N) is 2. The van der Waals surface area contributed by atoms with E-state index in [4.69, 9.17) is 4.74 Å². The van der Waals surface area contributed by atoms with Crippen molar-refractivity contribution in [2.75, 3.05) is 12.4 Å². The molecule has 0 bridgehead atoms. The highest BCUT2D eigenvalue weighted by molar-refractivity contribution is 5.81. The largest absolute Gasteiger partial charge is 0.467 e. The van der Waals surface area contributed by atoms with Gasteiger partial charge in [-0.3, -0.25) is 4.68 Å². The molecule has 2 aromatic rings. The number of benzene rings is 1. The van der Waals surface area contributed by atoms with E-state index in [1.807, 2.05) is 0 Å². The summed E-state index contributed by atoms with van der Waals surface area (Å²) in [5.41, 5.74) is 0.847. The molecule has 0 aliphatic rings. The summed E-state index contributed by atoms with van der Waals surface area (Å²) in [5, 5.41) is 6.89. The van der Waals surface area contributed by atoms with E-state index in [2.05, 4.69) is 10.4 Å². The van der Waals surface area contributed by atoms with Crippen LogP contribution in [0.4, 0.5) is 10.1 Å². The van der Waals surface area contributed by atoms with E-state index in [0.29, 0.717) is 5.69 Å². The average Bonchev–Trinajstić information content (AvgIpc) is 2.82. The number of hydrogen-bond acceptors (Lipinski definition) is 4. The molecule has 1 aromatic heterocycles. The minimum absolute atomic E-state index is 0.234. The lowest BCUT2D eigenvalue weighted by atomic mass is 10.1. The van der Waals surface area contributed by atoms with E-state index in [1.165, 1.54) is 13.2 Å². The number of carbonyl (C=O) groups excluding carboxylic acids is 1. The van der Waals surface area contributed by atoms with Crippen LogP contribution >= 0.6 is 0 Å². The molecule has 100 valence electrons. The number of methoxy groups -OCH3 is 1. The molecule has 0 fully saturated rings. The second kappa shape index (κ2) is 5.51. The van der Waals surface area contributed by atoms with Crippen LogP contribution in [0.15, 0.2) is 36.7 Å². The van der Waals surface area contributed by atoms with Crippen LogP contribution in [0, 0.1) is 5.82 Å². The number of aromatic nitrogens is 2. The number of esters is 1. The first-order valence-electron chi connectivity index (χ1n) is 5.69. The molecule has 6 heteroatoms. The van der Waals surface area contributed by atoms with Gasteiger partial charge in [0.2, 0.25) is 0 Å². The second-order valence-corrected chi connectivity index (χ2v) is 4.02. The van der Waals surface area contributed by atoms with Crippen molar-refractivity contribution in [3.63, 3.8) is 0 Å². The number of aryl methyl sites for hydroxylation is 1. The van der Waals surface area contributed by atoms with Gasteiger partial charge in [0.25, 0.3) is 0 Å². The van der Waals surface area contributed by atoms with Crippen LogP contribution < -0.4 is 5.32 Å². The first kappa shape index (κ1) is 13.1. The zero-order chi connectivity index (χ0) is 13.8. The minimum atomic E-state index is -0.907. The monoisotopic (exact) mass is 263 g/mol. The maximum absolute atomic E-state index is 13.8. The van der Waals surface area contributed by atoms with Gasteiger partial charge in [-0.05, 0) is 6.07 Å². The number of anilines is 1. The molecule has 0 saturated carbocycles. The van der Waals surface area contributed by atoms with E-state index in [-0.39, 0.29) is 5.56 Å². The summed E-state index contributed by atoms with van der Waals surface area (Å²) < 4.78 is 20.1. The number of hydrogen-bond donors (Lipinski definition) is 1. The molecule has 0 spiro atoms. The van der Waals surface area contributed by atoms with Crippen LogP contribution in [-0.4, -0.2) is 22.9 Å². The number of halogens is 1. The van der Waals surface area contributed by atoms with Gasteiger partial charge >= 0.3 is 5.97 Å². The number of ether oxygens (including phenoxy) is 1. The number of nitrogens with one attached hydrogen (secondary N) is 1. The molecule has 1 heterocycles. The van der Waals surface area contributed by atoms with Gasteiger partial charge in [0.05, 0.1) is 19.0 Å². The van der Waals surface area contributed by atoms with Gasteiger partial charge in [0.15, 0.2) is 6.04 Å². The summed E-state index contributed by atoms with van der Waals surface area (Å²) in [5.74, 6) is -1.02. The highest BCUT2D eigenvalue weighted by Crippen LogP contribution is 2.22. The van der Waals surface area contributed by atoms with Crippen LogP contribution in [0.2, 0.25) is 0 Å². The SMILES string of the molecule is COC(=O)[C@@H](Nc1cnn(C)c1)c1ccccc1F. The van der Waals surface area contributed by atoms with Crippen molar-refractivity contribution in [2.24, 2.45) is 7.05 Å². The van der Waals surface area contributed by atoms with Crippen molar-refractivity contribution in [1.29, 1.82) is 0 Å². The van der Waals surface area contributed by atoms with E-state index in [1.54, 1.807) is 42.3 Å². The molecule has 5 nitrogen and oxygen atoms in total. The van der Waals surface area contributed by atoms with Crippen LogP contribution in [0.1, 0.15) is 11.6 Å². The first-order chi connectivity index (χ1) is 9.11. The fourth-order valence-electron chi connectivity index (χ4n) is 1.75. The molecule has 1 aromatic carbocycles. The average molecular weight is 263 g/mol. The van der Waals surface area contributed by atoms with Gasteiger partial charge in [-0.1, -0.05) is 18.2 Å². The second-order valence-electron chi connectivity index (χ2n) is 4.02. The van der Waals surface area contributed by atoms with E-state index in [9.17, 15) is 9.18 Å². The third-order valence-corrected chi connectivity index (χ3v) is 2.67. The third-order valence-electron chi connectivity index (χ3n) is 2.67. The molecule has 19 heavy (non-hydrogen) atoms. The predicted molar refractivity (Wildman–Crippen MR) is 68.0 cm³/mol. The summed E-state index contributed by atoms with van der Waals surface area (Å²) in [7, 11) is 3.02. The van der Waals surface area contributed by atoms with Crippen molar-refractivity contribution in [3.05, 3.63) is 48.0 Å². The van der Waals surface area contributed by atoms with E-state index in [0.717, 1.165) is 0 Å². The molecular weight excluding hydrogens is 249 g/mol. The molecule has 2 rings (SSSR count). The minimum Gasteiger partial charge on any atom is -0.467 e. The molecule has 0 saturated heterocycles. The van der Waals surface area contributed by atoms with Gasteiger partial charge in [0, 0.05) is 18.8 Å². The summed E-state index contributed by atoms with van der Waals surface area (Å²) in [6, 6.07) is 5.17. The molecule has 0 radical (unpaired) electrons. The molecule has 0 unspecified atom stereocenters. The van der Waals surface area contributed by atoms with Crippen LogP contribution in [0.25, 0.3) is 0 Å². The fraction of sp³-hybridized carbons (Fsp3) is 0.231. The molecular formula is C13H14FN3O2. The quantitative estimate of drug-likeness (QED) is 0.856. The van der Waals surface area contributed by atoms with Crippen molar-refractivity contribution in [1.82, 2.24) is 9.78 Å². The third kappa shape index (κ3) is 2.90. The summed E-state index contributed by atoms with van der Waals surface area (Å²) >= 11 is 0. The standard InChI is InChI=1S/C13H14FN3O2/c1-17-8-9(7-15-17)16-12(13(18)19-2)10-5-3-4-6-11(10)14/h3-8,12,16H,1-2H3/t12-/m0/s1. The van der Waals surface area contributed by atoms with Gasteiger partial charge in [0.1, 0.15) is 5.82 Å². The molecule has 0 aliphatic heterocycles. The lowest BCUT2D eigenvalue weighted by Gasteiger charge is -2.17. The fourth-order valence-corrected chi connectivity index (χ4v) is 1.75. The maximum atomic E-state index is 13.8. The van der Waals surface area contributed by atoms with Gasteiger partial charge in [-0.2, -0.15) is 5.10 Å². The Balaban J connectivity index is 2.31. The Bertz CT molecular complexity index is 583. The lowest BCUT2D eigenvalue weighted by Crippen LogP contribution is -2.23. The summed E-state index contributed by atoms with van der Waals surface area (Å²) in [4.78, 5) is 11.8. The van der Waals surface area contributed by atoms with E-state index >= 15 is 0 Å². The Hall–Kier alpha value is -2.37. The Morgan fingerprint density at radius 2 is 2.21 bits per heavy atom. The zero-order valence-electron chi connectivity index (χ0n) is 10.6. The van der Waals surface area contributed by atoms with Crippen molar-refractivity contribution in [3.8, 4) is 0 Å². The summed E-state index contributed by atoms with van der Waals surface area (Å²) in [6.07, 6.45) is 3.24. The first-order valence-corrected chi connectivity index (χ1v) is 5.69. The normalized spacial score (nSPS) is 11.9. The topological polar surface area (TPSA) is 56.1 Å². The van der Waals surface area contributed by atoms with Crippen LogP contribution in [0.3, 0.4) is 0 Å². The van der Waals surface area contributed by atoms with Crippen LogP contribution in [0.5, 0.6) is 0 Å². The van der Waals surface area contributed by atoms with Crippen LogP contribution in [-0.2, 0) is 16.6 Å². The highest BCUT2D eigenvalue weighted by Gasteiger charge is 2.24. The summed E-state index contributed by atoms with van der Waals surface area (Å²) in [6.45, 7) is 0. The van der Waals surface area contributed by atoms with Gasteiger partial charge < -0.3 is 10.1 Å². The highest BCUT2D eigenvalue weighted by atomic mass is 19.1. The molecule has 0 amide bonds. The molecule has 1 atom stereocenters. The Morgan fingerprint density at radius 1 is 1.47 bits per heavy atom. The van der Waals surface area contributed by atoms with Gasteiger partial charge in [-0.25, -0.2) is 9.18 Å². The smallest absolute Gasteiger partial charge is 0.333 e. The predicted octanol–water partition coefficient (Wildman–Crippen LogP) is 1.89.